The quantitative estimate of drug-likeness (QED) is 0.375. The molecule has 8 heteroatoms. The number of para-hydroxylation sites is 1. The summed E-state index contributed by atoms with van der Waals surface area (Å²) >= 11 is 6.44. The number of hydrogen-bond acceptors (Lipinski definition) is 5. The van der Waals surface area contributed by atoms with Gasteiger partial charge in [0.05, 0.1) is 23.7 Å². The van der Waals surface area contributed by atoms with Gasteiger partial charge in [0.25, 0.3) is 0 Å². The third kappa shape index (κ3) is 4.11. The number of aromatic nitrogens is 1. The Balaban J connectivity index is 1.85. The van der Waals surface area contributed by atoms with Crippen LogP contribution >= 0.6 is 11.6 Å². The van der Waals surface area contributed by atoms with Gasteiger partial charge in [-0.05, 0) is 58.6 Å². The average molecular weight is 487 g/mol. The SMILES string of the molecule is COC(=O)[C@]12C=C(C(C)Cl)C[C@H](C1)C(=O)n1c2c(CCNC(=O)OC(C)(C)C)c2ccccc21. The molecule has 2 heterocycles. The number of carbonyl (C=O) groups is 3. The van der Waals surface area contributed by atoms with Gasteiger partial charge in [0, 0.05) is 17.8 Å². The van der Waals surface area contributed by atoms with Gasteiger partial charge in [-0.25, -0.2) is 4.79 Å². The second kappa shape index (κ2) is 8.77. The average Bonchev–Trinajstić information content (AvgIpc) is 3.11. The molecule has 4 rings (SSSR count). The van der Waals surface area contributed by atoms with Crippen LogP contribution in [-0.2, 0) is 26.1 Å². The van der Waals surface area contributed by atoms with E-state index in [9.17, 15) is 14.4 Å². The lowest BCUT2D eigenvalue weighted by Gasteiger charge is -2.42. The van der Waals surface area contributed by atoms with Crippen LogP contribution in [0.25, 0.3) is 10.9 Å². The molecule has 34 heavy (non-hydrogen) atoms. The van der Waals surface area contributed by atoms with Crippen molar-refractivity contribution in [1.82, 2.24) is 9.88 Å². The maximum atomic E-state index is 13.7. The van der Waals surface area contributed by atoms with E-state index in [1.807, 2.05) is 37.3 Å². The zero-order valence-corrected chi connectivity index (χ0v) is 21.0. The van der Waals surface area contributed by atoms with Crippen LogP contribution < -0.4 is 5.32 Å². The third-order valence-electron chi connectivity index (χ3n) is 6.56. The fourth-order valence-electron chi connectivity index (χ4n) is 5.26. The molecule has 0 saturated heterocycles. The second-order valence-corrected chi connectivity index (χ2v) is 10.8. The molecule has 7 nitrogen and oxygen atoms in total. The first-order chi connectivity index (χ1) is 16.0. The van der Waals surface area contributed by atoms with Gasteiger partial charge in [-0.15, -0.1) is 11.6 Å². The molecule has 1 unspecified atom stereocenters. The van der Waals surface area contributed by atoms with Crippen LogP contribution in [0.3, 0.4) is 0 Å². The lowest BCUT2D eigenvalue weighted by molar-refractivity contribution is -0.146. The highest BCUT2D eigenvalue weighted by Gasteiger charge is 2.54. The summed E-state index contributed by atoms with van der Waals surface area (Å²) in [4.78, 5) is 39.3. The molecule has 0 fully saturated rings. The first-order valence-electron chi connectivity index (χ1n) is 11.6. The first kappa shape index (κ1) is 24.3. The van der Waals surface area contributed by atoms with E-state index < -0.39 is 23.1 Å². The predicted molar refractivity (Wildman–Crippen MR) is 130 cm³/mol. The Morgan fingerprint density at radius 2 is 2.00 bits per heavy atom. The van der Waals surface area contributed by atoms with Gasteiger partial charge in [-0.2, -0.15) is 0 Å². The van der Waals surface area contributed by atoms with Gasteiger partial charge in [-0.3, -0.25) is 14.2 Å². The summed E-state index contributed by atoms with van der Waals surface area (Å²) in [6.45, 7) is 7.55. The Morgan fingerprint density at radius 3 is 2.65 bits per heavy atom. The van der Waals surface area contributed by atoms with E-state index in [1.54, 1.807) is 25.3 Å². The monoisotopic (exact) mass is 486 g/mol. The minimum absolute atomic E-state index is 0.0417. The number of hydrogen-bond donors (Lipinski definition) is 1. The highest BCUT2D eigenvalue weighted by Crippen LogP contribution is 2.50. The summed E-state index contributed by atoms with van der Waals surface area (Å²) in [7, 11) is 1.37. The molecule has 0 spiro atoms. The van der Waals surface area contributed by atoms with E-state index in [-0.39, 0.29) is 23.7 Å². The van der Waals surface area contributed by atoms with Crippen LogP contribution in [0.15, 0.2) is 35.9 Å². The maximum absolute atomic E-state index is 13.7. The summed E-state index contributed by atoms with van der Waals surface area (Å²) in [5.41, 5.74) is 1.34. The molecule has 0 saturated carbocycles. The van der Waals surface area contributed by atoms with Crippen LogP contribution in [0.4, 0.5) is 4.79 Å². The maximum Gasteiger partial charge on any atom is 0.407 e. The Bertz CT molecular complexity index is 1190. The highest BCUT2D eigenvalue weighted by atomic mass is 35.5. The predicted octanol–water partition coefficient (Wildman–Crippen LogP) is 4.74. The van der Waals surface area contributed by atoms with Crippen molar-refractivity contribution in [1.29, 1.82) is 0 Å². The number of esters is 1. The Labute approximate surface area is 204 Å². The Hall–Kier alpha value is -2.80. The molecule has 2 aromatic rings. The minimum atomic E-state index is -1.12. The van der Waals surface area contributed by atoms with Crippen molar-refractivity contribution in [2.75, 3.05) is 13.7 Å². The number of amides is 1. The van der Waals surface area contributed by atoms with Crippen LogP contribution in [-0.4, -0.2) is 47.2 Å². The van der Waals surface area contributed by atoms with Gasteiger partial charge in [0.2, 0.25) is 5.91 Å². The van der Waals surface area contributed by atoms with E-state index >= 15 is 0 Å². The number of fused-ring (bicyclic) bond motifs is 6. The largest absolute Gasteiger partial charge is 0.468 e. The van der Waals surface area contributed by atoms with Crippen molar-refractivity contribution in [3.05, 3.63) is 47.2 Å². The van der Waals surface area contributed by atoms with E-state index in [0.717, 1.165) is 22.0 Å². The van der Waals surface area contributed by atoms with Crippen molar-refractivity contribution < 1.29 is 23.9 Å². The first-order valence-corrected chi connectivity index (χ1v) is 12.0. The van der Waals surface area contributed by atoms with Crippen LogP contribution in [0, 0.1) is 5.92 Å². The van der Waals surface area contributed by atoms with Crippen LogP contribution in [0.2, 0.25) is 0 Å². The number of alkyl carbamates (subject to hydrolysis) is 1. The van der Waals surface area contributed by atoms with Crippen LogP contribution in [0.5, 0.6) is 0 Å². The second-order valence-electron chi connectivity index (χ2n) is 10.1. The number of allylic oxidation sites excluding steroid dienone is 1. The molecule has 1 aromatic carbocycles. The number of methoxy groups -OCH3 is 1. The van der Waals surface area contributed by atoms with Gasteiger partial charge in [0.1, 0.15) is 11.0 Å². The molecule has 1 amide bonds. The van der Waals surface area contributed by atoms with E-state index in [1.165, 1.54) is 7.11 Å². The number of carbonyl (C=O) groups excluding carboxylic acids is 3. The van der Waals surface area contributed by atoms with Crippen molar-refractivity contribution in [2.45, 2.75) is 63.4 Å². The van der Waals surface area contributed by atoms with Crippen molar-refractivity contribution in [3.8, 4) is 0 Å². The molecule has 2 aliphatic rings. The highest BCUT2D eigenvalue weighted by molar-refractivity contribution is 6.22. The van der Waals surface area contributed by atoms with Gasteiger partial charge in [-0.1, -0.05) is 29.8 Å². The molecule has 1 N–H and O–H groups in total. The fourth-order valence-corrected chi connectivity index (χ4v) is 5.41. The van der Waals surface area contributed by atoms with Crippen molar-refractivity contribution >= 4 is 40.5 Å². The van der Waals surface area contributed by atoms with Gasteiger partial charge >= 0.3 is 12.1 Å². The molecule has 1 aliphatic heterocycles. The Kier molecular flexibility index (Phi) is 6.27. The summed E-state index contributed by atoms with van der Waals surface area (Å²) < 4.78 is 12.3. The zero-order chi connectivity index (χ0) is 24.8. The number of nitrogens with one attached hydrogen (secondary N) is 1. The molecule has 3 atom stereocenters. The summed E-state index contributed by atoms with van der Waals surface area (Å²) in [6.07, 6.45) is 2.67. The van der Waals surface area contributed by atoms with Gasteiger partial charge in [0.15, 0.2) is 0 Å². The molecular formula is C26H31ClN2O5. The van der Waals surface area contributed by atoms with E-state index in [4.69, 9.17) is 21.1 Å². The van der Waals surface area contributed by atoms with E-state index in [2.05, 4.69) is 5.32 Å². The Morgan fingerprint density at radius 1 is 1.29 bits per heavy atom. The number of nitrogens with zero attached hydrogens (tertiary/aromatic N) is 1. The lowest BCUT2D eigenvalue weighted by Crippen LogP contribution is -2.50. The summed E-state index contributed by atoms with van der Waals surface area (Å²) in [5.74, 6) is -0.818. The van der Waals surface area contributed by atoms with E-state index in [0.29, 0.717) is 25.0 Å². The molecule has 1 aliphatic carbocycles. The number of halogens is 1. The molecule has 1 aromatic heterocycles. The van der Waals surface area contributed by atoms with Crippen LogP contribution in [0.1, 0.15) is 56.6 Å². The summed E-state index contributed by atoms with van der Waals surface area (Å²) in [5, 5.41) is 3.35. The number of rotatable bonds is 5. The lowest BCUT2D eigenvalue weighted by atomic mass is 9.65. The number of alkyl halides is 1. The zero-order valence-electron chi connectivity index (χ0n) is 20.2. The topological polar surface area (TPSA) is 86.6 Å². The smallest absolute Gasteiger partial charge is 0.407 e. The standard InChI is InChI=1S/C26H31ClN2O5/c1-15(27)16-12-17-14-26(13-16,23(31)33-5)21-19(10-11-28-24(32)34-25(2,3)4)18-8-6-7-9-20(18)29(21)22(17)30/h6-9,13,15,17H,10-12,14H2,1-5H3,(H,28,32)/t15?,17-,26-/m1/s1. The van der Waals surface area contributed by atoms with Gasteiger partial charge < -0.3 is 14.8 Å². The molecule has 2 bridgehead atoms. The fraction of sp³-hybridized carbons (Fsp3) is 0.500. The number of ether oxygens (including phenoxy) is 2. The molecule has 182 valence electrons. The normalized spacial score (nSPS) is 22.6. The molecular weight excluding hydrogens is 456 g/mol. The minimum Gasteiger partial charge on any atom is -0.468 e. The summed E-state index contributed by atoms with van der Waals surface area (Å²) in [6, 6.07) is 7.62. The molecule has 0 radical (unpaired) electrons. The van der Waals surface area contributed by atoms with Crippen molar-refractivity contribution in [2.24, 2.45) is 5.92 Å². The number of benzene rings is 1. The third-order valence-corrected chi connectivity index (χ3v) is 6.84. The van der Waals surface area contributed by atoms with Crippen molar-refractivity contribution in [3.63, 3.8) is 0 Å².